The molecule has 0 fully saturated rings. The van der Waals surface area contributed by atoms with Crippen LogP contribution in [0.4, 0.5) is 0 Å². The molecule has 0 saturated carbocycles. The molecule has 1 heterocycles. The van der Waals surface area contributed by atoms with Crippen LogP contribution in [0.1, 0.15) is 23.0 Å². The van der Waals surface area contributed by atoms with Gasteiger partial charge in [0.1, 0.15) is 11.9 Å². The second kappa shape index (κ2) is 8.34. The second-order valence-electron chi connectivity index (χ2n) is 5.78. The second-order valence-corrected chi connectivity index (χ2v) is 7.13. The van der Waals surface area contributed by atoms with E-state index in [1.807, 2.05) is 54.2 Å². The van der Waals surface area contributed by atoms with Gasteiger partial charge >= 0.3 is 0 Å². The lowest BCUT2D eigenvalue weighted by molar-refractivity contribution is -0.117. The third-order valence-electron chi connectivity index (χ3n) is 3.88. The number of hydrogen-bond acceptors (Lipinski definition) is 2. The van der Waals surface area contributed by atoms with Gasteiger partial charge in [0.05, 0.1) is 0 Å². The van der Waals surface area contributed by atoms with Crippen molar-refractivity contribution in [1.82, 2.24) is 14.9 Å². The zero-order valence-corrected chi connectivity index (χ0v) is 16.4. The van der Waals surface area contributed by atoms with Crippen molar-refractivity contribution in [3.63, 3.8) is 0 Å². The maximum Gasteiger partial charge on any atom is 0.244 e. The highest BCUT2D eigenvalue weighted by Crippen LogP contribution is 2.22. The number of carbonyl (C=O) groups excluding carboxylic acids is 1. The van der Waals surface area contributed by atoms with Crippen molar-refractivity contribution in [3.05, 3.63) is 93.4 Å². The van der Waals surface area contributed by atoms with E-state index < -0.39 is 0 Å². The molecule has 1 unspecified atom stereocenters. The summed E-state index contributed by atoms with van der Waals surface area (Å²) in [6, 6.07) is 14.8. The number of aryl methyl sites for hydroxylation is 1. The summed E-state index contributed by atoms with van der Waals surface area (Å²) in [4.78, 5) is 16.9. The van der Waals surface area contributed by atoms with Gasteiger partial charge in [-0.05, 0) is 41.5 Å². The SMILES string of the molecule is Cn1ccnc1C(NC(=O)/C=C/c1cccc(Br)c1)c1ccc(Cl)cc1. The van der Waals surface area contributed by atoms with E-state index in [4.69, 9.17) is 11.6 Å². The molecule has 1 atom stereocenters. The molecule has 0 aliphatic rings. The van der Waals surface area contributed by atoms with Crippen LogP contribution in [0.5, 0.6) is 0 Å². The molecule has 0 aliphatic carbocycles. The van der Waals surface area contributed by atoms with Gasteiger partial charge in [-0.2, -0.15) is 0 Å². The van der Waals surface area contributed by atoms with Crippen LogP contribution >= 0.6 is 27.5 Å². The Morgan fingerprint density at radius 1 is 1.27 bits per heavy atom. The van der Waals surface area contributed by atoms with Crippen LogP contribution in [0, 0.1) is 0 Å². The van der Waals surface area contributed by atoms with E-state index >= 15 is 0 Å². The van der Waals surface area contributed by atoms with E-state index in [-0.39, 0.29) is 11.9 Å². The summed E-state index contributed by atoms with van der Waals surface area (Å²) in [5.74, 6) is 0.546. The number of carbonyl (C=O) groups is 1. The molecule has 3 rings (SSSR count). The Bertz CT molecular complexity index is 934. The van der Waals surface area contributed by atoms with E-state index in [0.29, 0.717) is 5.02 Å². The maximum absolute atomic E-state index is 12.5. The lowest BCUT2D eigenvalue weighted by Gasteiger charge is -2.18. The molecule has 26 heavy (non-hydrogen) atoms. The highest BCUT2D eigenvalue weighted by atomic mass is 79.9. The van der Waals surface area contributed by atoms with Crippen LogP contribution in [-0.4, -0.2) is 15.5 Å². The van der Waals surface area contributed by atoms with Gasteiger partial charge in [-0.15, -0.1) is 0 Å². The first kappa shape index (κ1) is 18.4. The first-order valence-corrected chi connectivity index (χ1v) is 9.17. The Balaban J connectivity index is 1.82. The van der Waals surface area contributed by atoms with Gasteiger partial charge in [0.2, 0.25) is 5.91 Å². The molecular formula is C20H17BrClN3O. The summed E-state index contributed by atoms with van der Waals surface area (Å²) in [7, 11) is 1.90. The van der Waals surface area contributed by atoms with Crippen molar-refractivity contribution < 1.29 is 4.79 Å². The summed E-state index contributed by atoms with van der Waals surface area (Å²) in [6.07, 6.45) is 6.86. The third-order valence-corrected chi connectivity index (χ3v) is 4.63. The van der Waals surface area contributed by atoms with Crippen LogP contribution in [-0.2, 0) is 11.8 Å². The van der Waals surface area contributed by atoms with Gasteiger partial charge in [-0.25, -0.2) is 4.98 Å². The number of imidazole rings is 1. The molecule has 0 aliphatic heterocycles. The van der Waals surface area contributed by atoms with Crippen LogP contribution in [0.2, 0.25) is 5.02 Å². The van der Waals surface area contributed by atoms with E-state index in [1.165, 1.54) is 6.08 Å². The number of halogens is 2. The van der Waals surface area contributed by atoms with Crippen LogP contribution < -0.4 is 5.32 Å². The van der Waals surface area contributed by atoms with Crippen molar-refractivity contribution in [2.75, 3.05) is 0 Å². The molecule has 3 aromatic rings. The highest BCUT2D eigenvalue weighted by Gasteiger charge is 2.19. The largest absolute Gasteiger partial charge is 0.339 e. The minimum atomic E-state index is -0.369. The molecular weight excluding hydrogens is 414 g/mol. The molecule has 6 heteroatoms. The van der Waals surface area contributed by atoms with Gasteiger partial charge in [-0.1, -0.05) is 51.8 Å². The van der Waals surface area contributed by atoms with Crippen molar-refractivity contribution in [2.24, 2.45) is 7.05 Å². The van der Waals surface area contributed by atoms with Gasteiger partial charge in [-0.3, -0.25) is 4.79 Å². The number of rotatable bonds is 5. The lowest BCUT2D eigenvalue weighted by Crippen LogP contribution is -2.29. The molecule has 0 bridgehead atoms. The predicted octanol–water partition coefficient (Wildman–Crippen LogP) is 4.76. The molecule has 1 amide bonds. The molecule has 2 aromatic carbocycles. The first-order chi connectivity index (χ1) is 12.5. The molecule has 0 saturated heterocycles. The Hall–Kier alpha value is -2.37. The summed E-state index contributed by atoms with van der Waals surface area (Å²) in [5.41, 5.74) is 1.85. The maximum atomic E-state index is 12.5. The Morgan fingerprint density at radius 3 is 2.69 bits per heavy atom. The molecule has 132 valence electrons. The molecule has 4 nitrogen and oxygen atoms in total. The zero-order chi connectivity index (χ0) is 18.5. The van der Waals surface area contributed by atoms with Crippen LogP contribution in [0.15, 0.2) is 71.5 Å². The van der Waals surface area contributed by atoms with E-state index in [9.17, 15) is 4.79 Å². The smallest absolute Gasteiger partial charge is 0.244 e. The fraction of sp³-hybridized carbons (Fsp3) is 0.100. The van der Waals surface area contributed by atoms with Gasteiger partial charge in [0, 0.05) is 35.0 Å². The molecule has 0 radical (unpaired) electrons. The normalized spacial score (nSPS) is 12.3. The number of nitrogens with zero attached hydrogens (tertiary/aromatic N) is 2. The highest BCUT2D eigenvalue weighted by molar-refractivity contribution is 9.10. The average Bonchev–Trinajstić information content (AvgIpc) is 3.05. The minimum absolute atomic E-state index is 0.201. The lowest BCUT2D eigenvalue weighted by atomic mass is 10.1. The zero-order valence-electron chi connectivity index (χ0n) is 14.1. The Kier molecular flexibility index (Phi) is 5.91. The molecule has 1 N–H and O–H groups in total. The number of amides is 1. The van der Waals surface area contributed by atoms with Crippen LogP contribution in [0.25, 0.3) is 6.08 Å². The minimum Gasteiger partial charge on any atom is -0.339 e. The van der Waals surface area contributed by atoms with Crippen molar-refractivity contribution in [1.29, 1.82) is 0 Å². The monoisotopic (exact) mass is 429 g/mol. The predicted molar refractivity (Wildman–Crippen MR) is 108 cm³/mol. The van der Waals surface area contributed by atoms with Gasteiger partial charge in [0.15, 0.2) is 0 Å². The van der Waals surface area contributed by atoms with Gasteiger partial charge in [0.25, 0.3) is 0 Å². The topological polar surface area (TPSA) is 46.9 Å². The van der Waals surface area contributed by atoms with E-state index in [0.717, 1.165) is 21.4 Å². The van der Waals surface area contributed by atoms with Gasteiger partial charge < -0.3 is 9.88 Å². The quantitative estimate of drug-likeness (QED) is 0.594. The molecule has 0 spiro atoms. The third kappa shape index (κ3) is 4.62. The summed E-state index contributed by atoms with van der Waals surface area (Å²) in [5, 5.41) is 3.66. The average molecular weight is 431 g/mol. The summed E-state index contributed by atoms with van der Waals surface area (Å²) in [6.45, 7) is 0. The van der Waals surface area contributed by atoms with E-state index in [1.54, 1.807) is 24.4 Å². The summed E-state index contributed by atoms with van der Waals surface area (Å²) < 4.78 is 2.85. The van der Waals surface area contributed by atoms with Crippen LogP contribution in [0.3, 0.4) is 0 Å². The Labute approximate surface area is 165 Å². The number of benzene rings is 2. The standard InChI is InChI=1S/C20H17BrClN3O/c1-25-12-11-23-20(25)19(15-6-8-17(22)9-7-15)24-18(26)10-5-14-3-2-4-16(21)13-14/h2-13,19H,1H3,(H,24,26)/b10-5+. The van der Waals surface area contributed by atoms with Crippen molar-refractivity contribution in [2.45, 2.75) is 6.04 Å². The molecule has 1 aromatic heterocycles. The fourth-order valence-electron chi connectivity index (χ4n) is 2.58. The first-order valence-electron chi connectivity index (χ1n) is 8.00. The number of hydrogen-bond donors (Lipinski definition) is 1. The fourth-order valence-corrected chi connectivity index (χ4v) is 3.12. The number of aromatic nitrogens is 2. The number of nitrogens with one attached hydrogen (secondary N) is 1. The summed E-state index contributed by atoms with van der Waals surface area (Å²) >= 11 is 9.41. The van der Waals surface area contributed by atoms with E-state index in [2.05, 4.69) is 26.2 Å². The van der Waals surface area contributed by atoms with Crippen molar-refractivity contribution >= 4 is 39.5 Å². The Morgan fingerprint density at radius 2 is 2.04 bits per heavy atom. The van der Waals surface area contributed by atoms with Crippen molar-refractivity contribution in [3.8, 4) is 0 Å².